The molecule has 28 heteroatoms. The number of thioether (sulfide) groups is 1. The van der Waals surface area contributed by atoms with E-state index in [2.05, 4.69) is 52.5 Å². The lowest BCUT2D eigenvalue weighted by atomic mass is 10.0. The van der Waals surface area contributed by atoms with Crippen LogP contribution >= 0.6 is 11.8 Å². The number of H-pyrrole nitrogens is 1. The number of nitrogens with two attached hydrogens (primary N) is 4. The molecule has 17 N–H and O–H groups in total. The number of aromatic amines is 1. The van der Waals surface area contributed by atoms with Gasteiger partial charge in [-0.3, -0.25) is 62.1 Å². The van der Waals surface area contributed by atoms with Gasteiger partial charge in [0.2, 0.25) is 71.4 Å². The molecule has 0 aliphatic carbocycles. The Labute approximate surface area is 442 Å². The maximum Gasteiger partial charge on any atom is 0.243 e. The van der Waals surface area contributed by atoms with E-state index in [4.69, 9.17) is 22.9 Å². The van der Waals surface area contributed by atoms with Crippen LogP contribution in [0.1, 0.15) is 78.0 Å². The third-order valence-electron chi connectivity index (χ3n) is 11.7. The molecule has 0 radical (unpaired) electrons. The lowest BCUT2D eigenvalue weighted by Crippen LogP contribution is -2.59. The Hall–Kier alpha value is -7.88. The lowest BCUT2D eigenvalue weighted by molar-refractivity contribution is -0.135. The highest BCUT2D eigenvalue weighted by Crippen LogP contribution is 2.22. The fourth-order valence-electron chi connectivity index (χ4n) is 7.68. The number of rotatable bonds is 33. The second-order valence-corrected chi connectivity index (χ2v) is 19.8. The van der Waals surface area contributed by atoms with Crippen LogP contribution in [0.4, 0.5) is 0 Å². The SMILES string of the molecule is CSCC[C@@H](NC(=O)[C@H](CC(C)C)NC(=O)[C@H](Cc1cnc[nH]1)NC(=O)CNC(=O)[C@@H](NC(=O)[C@H](C)NC(=O)[C@H](Cc1cn(C=O)c2ccccc12)NC(=O)[C@H](CCC(N)=O)NC(=O)[C@@H](N)CC(N)=O)C(C)C)C(N)=O. The molecule has 0 saturated heterocycles. The minimum absolute atomic E-state index is 0.0937. The van der Waals surface area contributed by atoms with Gasteiger partial charge in [0.1, 0.15) is 42.3 Å². The predicted molar refractivity (Wildman–Crippen MR) is 279 cm³/mol. The average molecular weight is 1080 g/mol. The number of amides is 11. The van der Waals surface area contributed by atoms with E-state index in [0.29, 0.717) is 34.3 Å². The highest BCUT2D eigenvalue weighted by Gasteiger charge is 2.34. The summed E-state index contributed by atoms with van der Waals surface area (Å²) in [5, 5.41) is 20.8. The van der Waals surface area contributed by atoms with Crippen molar-refractivity contribution < 1.29 is 57.5 Å². The number of hydrogen-bond acceptors (Lipinski definition) is 15. The Morgan fingerprint density at radius 3 is 1.89 bits per heavy atom. The van der Waals surface area contributed by atoms with Gasteiger partial charge in [-0.1, -0.05) is 45.9 Å². The maximum absolute atomic E-state index is 14.1. The van der Waals surface area contributed by atoms with Crippen molar-refractivity contribution in [2.24, 2.45) is 34.8 Å². The van der Waals surface area contributed by atoms with Gasteiger partial charge in [-0.25, -0.2) is 4.98 Å². The van der Waals surface area contributed by atoms with E-state index >= 15 is 0 Å². The van der Waals surface area contributed by atoms with E-state index in [1.165, 1.54) is 42.0 Å². The first-order valence-corrected chi connectivity index (χ1v) is 25.8. The molecular formula is C48H71N15O12S. The van der Waals surface area contributed by atoms with Crippen LogP contribution in [-0.4, -0.2) is 153 Å². The molecule has 0 saturated carbocycles. The Morgan fingerprint density at radius 2 is 1.30 bits per heavy atom. The molecule has 8 atom stereocenters. The molecule has 3 rings (SSSR count). The van der Waals surface area contributed by atoms with Gasteiger partial charge < -0.3 is 70.5 Å². The number of aromatic nitrogens is 3. The largest absolute Gasteiger partial charge is 0.370 e. The summed E-state index contributed by atoms with van der Waals surface area (Å²) in [4.78, 5) is 163. The third kappa shape index (κ3) is 20.1. The Bertz CT molecular complexity index is 2550. The van der Waals surface area contributed by atoms with Crippen LogP contribution < -0.4 is 65.5 Å². The summed E-state index contributed by atoms with van der Waals surface area (Å²) in [6, 6.07) is -3.91. The quantitative estimate of drug-likeness (QED) is 0.0260. The van der Waals surface area contributed by atoms with Crippen molar-refractivity contribution in [2.75, 3.05) is 18.6 Å². The normalized spacial score (nSPS) is 14.3. The van der Waals surface area contributed by atoms with Crippen molar-refractivity contribution in [3.63, 3.8) is 0 Å². The van der Waals surface area contributed by atoms with E-state index in [0.717, 1.165) is 0 Å². The molecule has 416 valence electrons. The van der Waals surface area contributed by atoms with E-state index in [-0.39, 0.29) is 38.0 Å². The maximum atomic E-state index is 14.1. The van der Waals surface area contributed by atoms with Gasteiger partial charge in [-0.15, -0.1) is 0 Å². The fourth-order valence-corrected chi connectivity index (χ4v) is 8.15. The lowest BCUT2D eigenvalue weighted by Gasteiger charge is -2.27. The summed E-state index contributed by atoms with van der Waals surface area (Å²) in [6.07, 6.45) is 5.32. The van der Waals surface area contributed by atoms with E-state index in [1.807, 2.05) is 20.1 Å². The molecule has 0 bridgehead atoms. The predicted octanol–water partition coefficient (Wildman–Crippen LogP) is -3.87. The molecule has 0 fully saturated rings. The van der Waals surface area contributed by atoms with Crippen LogP contribution in [0.25, 0.3) is 10.9 Å². The van der Waals surface area contributed by atoms with Crippen LogP contribution in [0.2, 0.25) is 0 Å². The molecule has 0 aliphatic heterocycles. The number of imidazole rings is 1. The Balaban J connectivity index is 1.79. The Kier molecular flexibility index (Phi) is 25.0. The van der Waals surface area contributed by atoms with Crippen molar-refractivity contribution in [2.45, 2.75) is 128 Å². The molecule has 11 amide bonds. The molecule has 0 spiro atoms. The molecule has 2 heterocycles. The van der Waals surface area contributed by atoms with Gasteiger partial charge in [-0.05, 0) is 61.7 Å². The van der Waals surface area contributed by atoms with E-state index in [9.17, 15) is 57.5 Å². The summed E-state index contributed by atoms with van der Waals surface area (Å²) < 4.78 is 1.26. The molecular weight excluding hydrogens is 1010 g/mol. The summed E-state index contributed by atoms with van der Waals surface area (Å²) in [6.45, 7) is 7.48. The van der Waals surface area contributed by atoms with Gasteiger partial charge in [-0.2, -0.15) is 11.8 Å². The highest BCUT2D eigenvalue weighted by molar-refractivity contribution is 7.98. The number of nitrogens with zero attached hydrogens (tertiary/aromatic N) is 2. The van der Waals surface area contributed by atoms with Gasteiger partial charge >= 0.3 is 0 Å². The number of primary amides is 3. The number of benzene rings is 1. The van der Waals surface area contributed by atoms with Crippen molar-refractivity contribution in [1.82, 2.24) is 57.1 Å². The highest BCUT2D eigenvalue weighted by atomic mass is 32.2. The van der Waals surface area contributed by atoms with Crippen molar-refractivity contribution >= 4 is 94.1 Å². The first kappa shape index (κ1) is 62.4. The number of fused-ring (bicyclic) bond motifs is 1. The Morgan fingerprint density at radius 1 is 0.697 bits per heavy atom. The minimum Gasteiger partial charge on any atom is -0.370 e. The van der Waals surface area contributed by atoms with Crippen LogP contribution in [0.15, 0.2) is 43.0 Å². The number of nitrogens with one attached hydrogen (secondary N) is 9. The zero-order chi connectivity index (χ0) is 56.8. The molecule has 0 unspecified atom stereocenters. The van der Waals surface area contributed by atoms with Crippen LogP contribution in [0.3, 0.4) is 0 Å². The summed E-state index contributed by atoms with van der Waals surface area (Å²) in [7, 11) is 0. The number of carbonyl (C=O) groups excluding carboxylic acids is 12. The topological polar surface area (TPSA) is 439 Å². The monoisotopic (exact) mass is 1080 g/mol. The second-order valence-electron chi connectivity index (χ2n) is 18.8. The summed E-state index contributed by atoms with van der Waals surface area (Å²) in [5.74, 6) is -9.45. The second kappa shape index (κ2) is 30.5. The molecule has 1 aromatic carbocycles. The fraction of sp³-hybridized carbons (Fsp3) is 0.521. The molecule has 0 aliphatic rings. The first-order valence-electron chi connectivity index (χ1n) is 24.4. The molecule has 3 aromatic rings. The zero-order valence-corrected chi connectivity index (χ0v) is 44.1. The third-order valence-corrected chi connectivity index (χ3v) is 12.4. The number of hydrogen-bond donors (Lipinski definition) is 13. The zero-order valence-electron chi connectivity index (χ0n) is 43.3. The minimum atomic E-state index is -1.52. The van der Waals surface area contributed by atoms with Gasteiger partial charge in [0.25, 0.3) is 0 Å². The average Bonchev–Trinajstić information content (AvgIpc) is 4.00. The van der Waals surface area contributed by atoms with Crippen molar-refractivity contribution in [1.29, 1.82) is 0 Å². The summed E-state index contributed by atoms with van der Waals surface area (Å²) in [5.41, 5.74) is 23.1. The smallest absolute Gasteiger partial charge is 0.243 e. The molecule has 2 aromatic heterocycles. The van der Waals surface area contributed by atoms with Crippen LogP contribution in [0, 0.1) is 11.8 Å². The molecule has 27 nitrogen and oxygen atoms in total. The van der Waals surface area contributed by atoms with E-state index < -0.39 is 139 Å². The summed E-state index contributed by atoms with van der Waals surface area (Å²) >= 11 is 1.46. The van der Waals surface area contributed by atoms with Gasteiger partial charge in [0.15, 0.2) is 0 Å². The molecule has 76 heavy (non-hydrogen) atoms. The standard InChI is InChI=1S/C48H71N15O12S/c1-24(2)15-33(46(73)58-31(41(52)68)13-14-76-6)60-47(74)35(17-28-19-53-22-55-28)57-39(67)20-54-48(75)40(25(3)4)62-42(69)26(5)56-45(72)34(16-27-21-63(23-64)36-10-8-7-9-29(27)36)61-44(71)32(11-12-37(50)65)59-43(70)30(49)18-38(51)66/h7-10,19,21-26,30-35,40H,11-18,20,49H2,1-6H3,(H2,50,65)(H2,51,66)(H2,52,68)(H,53,55)(H,54,75)(H,56,72)(H,57,67)(H,58,73)(H,59,70)(H,60,74)(H,61,71)(H,62,69)/t26-,30-,31+,32-,33-,34-,35-,40-/m0/s1. The number of para-hydroxylation sites is 1. The van der Waals surface area contributed by atoms with Crippen molar-refractivity contribution in [3.8, 4) is 0 Å². The first-order chi connectivity index (χ1) is 35.8. The van der Waals surface area contributed by atoms with Crippen LogP contribution in [-0.2, 0) is 70.4 Å². The van der Waals surface area contributed by atoms with Gasteiger partial charge in [0, 0.05) is 42.7 Å². The van der Waals surface area contributed by atoms with Gasteiger partial charge in [0.05, 0.1) is 30.9 Å². The van der Waals surface area contributed by atoms with E-state index in [1.54, 1.807) is 38.1 Å². The van der Waals surface area contributed by atoms with Crippen LogP contribution in [0.5, 0.6) is 0 Å². The number of carbonyl (C=O) groups is 12. The van der Waals surface area contributed by atoms with Crippen molar-refractivity contribution in [3.05, 3.63) is 54.2 Å².